The summed E-state index contributed by atoms with van der Waals surface area (Å²) >= 11 is 6.54. The number of nitrogens with two attached hydrogens (primary N) is 1. The van der Waals surface area contributed by atoms with Crippen molar-refractivity contribution in [1.82, 2.24) is 4.98 Å². The third-order valence-electron chi connectivity index (χ3n) is 4.18. The Hall–Kier alpha value is -1.84. The van der Waals surface area contributed by atoms with Crippen LogP contribution in [0.25, 0.3) is 10.9 Å². The number of anilines is 1. The number of sulfone groups is 1. The van der Waals surface area contributed by atoms with Gasteiger partial charge in [0, 0.05) is 25.9 Å². The summed E-state index contributed by atoms with van der Waals surface area (Å²) in [6, 6.07) is 11.6. The van der Waals surface area contributed by atoms with E-state index in [0.717, 1.165) is 10.9 Å². The monoisotopic (exact) mass is 528 g/mol. The molecule has 0 atom stereocenters. The van der Waals surface area contributed by atoms with E-state index in [2.05, 4.69) is 36.8 Å². The highest BCUT2D eigenvalue weighted by Gasteiger charge is 2.17. The number of aromatic amines is 1. The van der Waals surface area contributed by atoms with Crippen molar-refractivity contribution in [3.63, 3.8) is 0 Å². The minimum Gasteiger partial charge on any atom is -0.494 e. The molecule has 28 heavy (non-hydrogen) atoms. The van der Waals surface area contributed by atoms with Crippen molar-refractivity contribution in [1.29, 1.82) is 0 Å². The van der Waals surface area contributed by atoms with Gasteiger partial charge >= 0.3 is 0 Å². The van der Waals surface area contributed by atoms with E-state index < -0.39 is 9.84 Å². The van der Waals surface area contributed by atoms with Crippen molar-refractivity contribution in [3.05, 3.63) is 61.8 Å². The Morgan fingerprint density at radius 1 is 1.00 bits per heavy atom. The van der Waals surface area contributed by atoms with Crippen LogP contribution in [0.3, 0.4) is 0 Å². The average Bonchev–Trinajstić information content (AvgIpc) is 2.65. The molecule has 2 aromatic carbocycles. The topological polar surface area (TPSA) is 102 Å². The van der Waals surface area contributed by atoms with Crippen LogP contribution in [0.4, 0.5) is 5.69 Å². The van der Waals surface area contributed by atoms with E-state index in [1.54, 1.807) is 18.2 Å². The first-order chi connectivity index (χ1) is 13.3. The number of H-pyrrole nitrogens is 1. The van der Waals surface area contributed by atoms with Gasteiger partial charge in [-0.1, -0.05) is 0 Å². The molecule has 3 N–H and O–H groups in total. The molecular formula is C19H18Br2N2O4S. The highest BCUT2D eigenvalue weighted by Crippen LogP contribution is 2.32. The first-order valence-corrected chi connectivity index (χ1v) is 11.7. The van der Waals surface area contributed by atoms with Crippen LogP contribution >= 0.6 is 31.9 Å². The van der Waals surface area contributed by atoms with E-state index in [4.69, 9.17) is 10.5 Å². The fourth-order valence-corrected chi connectivity index (χ4v) is 5.57. The molecule has 0 spiro atoms. The smallest absolute Gasteiger partial charge is 0.248 e. The largest absolute Gasteiger partial charge is 0.494 e. The maximum atomic E-state index is 12.5. The fourth-order valence-electron chi connectivity index (χ4n) is 2.66. The lowest BCUT2D eigenvalue weighted by molar-refractivity contribution is 0.310. The predicted molar refractivity (Wildman–Crippen MR) is 118 cm³/mol. The van der Waals surface area contributed by atoms with Gasteiger partial charge in [0.15, 0.2) is 9.84 Å². The lowest BCUT2D eigenvalue weighted by atomic mass is 10.2. The molecule has 0 bridgehead atoms. The molecule has 0 saturated heterocycles. The second-order valence-corrected chi connectivity index (χ2v) is 10.1. The predicted octanol–water partition coefficient (Wildman–Crippen LogP) is 4.27. The molecule has 3 rings (SSSR count). The van der Waals surface area contributed by atoms with Crippen molar-refractivity contribution in [3.8, 4) is 5.75 Å². The Kier molecular flexibility index (Phi) is 6.47. The zero-order valence-corrected chi connectivity index (χ0v) is 18.7. The molecule has 148 valence electrons. The Morgan fingerprint density at radius 3 is 2.43 bits per heavy atom. The minimum absolute atomic E-state index is 0.0259. The second kappa shape index (κ2) is 8.67. The van der Waals surface area contributed by atoms with Crippen LogP contribution in [0.2, 0.25) is 0 Å². The highest BCUT2D eigenvalue weighted by molar-refractivity contribution is 9.11. The molecule has 1 heterocycles. The van der Waals surface area contributed by atoms with Crippen molar-refractivity contribution in [2.75, 3.05) is 18.1 Å². The average molecular weight is 530 g/mol. The number of nitrogen functional groups attached to an aromatic ring is 1. The van der Waals surface area contributed by atoms with E-state index >= 15 is 0 Å². The Balaban J connectivity index is 1.54. The lowest BCUT2D eigenvalue weighted by Gasteiger charge is -2.09. The number of pyridine rings is 1. The molecule has 0 unspecified atom stereocenters. The number of nitrogens with one attached hydrogen (secondary N) is 1. The van der Waals surface area contributed by atoms with Gasteiger partial charge in [-0.15, -0.1) is 0 Å². The molecule has 6 nitrogen and oxygen atoms in total. The van der Waals surface area contributed by atoms with Gasteiger partial charge in [-0.3, -0.25) is 4.79 Å². The first kappa shape index (κ1) is 20.9. The van der Waals surface area contributed by atoms with E-state index in [1.807, 2.05) is 6.07 Å². The number of benzene rings is 2. The third-order valence-corrected chi connectivity index (χ3v) is 7.28. The molecule has 1 aromatic heterocycles. The molecule has 9 heteroatoms. The van der Waals surface area contributed by atoms with Gasteiger partial charge in [-0.2, -0.15) is 0 Å². The standard InChI is InChI=1S/C19H18Br2N2O4S/c20-15-10-14(11-16(21)19(15)22)28(25,26)8-2-1-7-27-13-4-5-17-12(9-13)3-6-18(24)23-17/h3-6,9-11H,1-2,7-8,22H2,(H,23,24). The number of aromatic nitrogens is 1. The summed E-state index contributed by atoms with van der Waals surface area (Å²) < 4.78 is 31.8. The molecule has 3 aromatic rings. The van der Waals surface area contributed by atoms with Gasteiger partial charge in [-0.05, 0) is 81.1 Å². The molecule has 0 amide bonds. The van der Waals surface area contributed by atoms with Crippen LogP contribution in [0.1, 0.15) is 12.8 Å². The lowest BCUT2D eigenvalue weighted by Crippen LogP contribution is -2.09. The molecular weight excluding hydrogens is 512 g/mol. The van der Waals surface area contributed by atoms with Crippen LogP contribution in [0, 0.1) is 0 Å². The van der Waals surface area contributed by atoms with Crippen molar-refractivity contribution >= 4 is 58.3 Å². The highest BCUT2D eigenvalue weighted by atomic mass is 79.9. The minimum atomic E-state index is -3.40. The maximum absolute atomic E-state index is 12.5. The number of ether oxygens (including phenoxy) is 1. The zero-order chi connectivity index (χ0) is 20.3. The number of hydrogen-bond acceptors (Lipinski definition) is 5. The summed E-state index contributed by atoms with van der Waals surface area (Å²) in [5, 5.41) is 0.874. The summed E-state index contributed by atoms with van der Waals surface area (Å²) in [6.45, 7) is 0.402. The van der Waals surface area contributed by atoms with Crippen molar-refractivity contribution < 1.29 is 13.2 Å². The summed E-state index contributed by atoms with van der Waals surface area (Å²) in [5.74, 6) is 0.701. The number of hydrogen-bond donors (Lipinski definition) is 2. The SMILES string of the molecule is Nc1c(Br)cc(S(=O)(=O)CCCCOc2ccc3[nH]c(=O)ccc3c2)cc1Br. The molecule has 0 aliphatic carbocycles. The summed E-state index contributed by atoms with van der Waals surface area (Å²) in [4.78, 5) is 14.3. The normalized spacial score (nSPS) is 11.6. The summed E-state index contributed by atoms with van der Waals surface area (Å²) in [5.41, 5.74) is 6.87. The van der Waals surface area contributed by atoms with E-state index in [-0.39, 0.29) is 16.2 Å². The van der Waals surface area contributed by atoms with E-state index in [0.29, 0.717) is 39.8 Å². The molecule has 0 radical (unpaired) electrons. The first-order valence-electron chi connectivity index (χ1n) is 8.49. The summed E-state index contributed by atoms with van der Waals surface area (Å²) in [7, 11) is -3.40. The van der Waals surface area contributed by atoms with Crippen molar-refractivity contribution in [2.45, 2.75) is 17.7 Å². The van der Waals surface area contributed by atoms with Gasteiger partial charge < -0.3 is 15.5 Å². The third kappa shape index (κ3) is 4.95. The van der Waals surface area contributed by atoms with Crippen LogP contribution < -0.4 is 16.0 Å². The number of rotatable bonds is 7. The summed E-state index contributed by atoms with van der Waals surface area (Å²) in [6.07, 6.45) is 1.07. The van der Waals surface area contributed by atoms with Gasteiger partial charge in [0.1, 0.15) is 5.75 Å². The number of unbranched alkanes of at least 4 members (excludes halogenated alkanes) is 1. The molecule has 0 fully saturated rings. The maximum Gasteiger partial charge on any atom is 0.248 e. The van der Waals surface area contributed by atoms with Gasteiger partial charge in [0.05, 0.1) is 22.9 Å². The van der Waals surface area contributed by atoms with Gasteiger partial charge in [0.25, 0.3) is 0 Å². The van der Waals surface area contributed by atoms with Crippen LogP contribution in [-0.4, -0.2) is 25.8 Å². The molecule has 0 saturated carbocycles. The Bertz CT molecular complexity index is 1150. The van der Waals surface area contributed by atoms with Crippen LogP contribution in [0.15, 0.2) is 61.1 Å². The van der Waals surface area contributed by atoms with E-state index in [9.17, 15) is 13.2 Å². The zero-order valence-electron chi connectivity index (χ0n) is 14.7. The quantitative estimate of drug-likeness (QED) is 0.351. The number of fused-ring (bicyclic) bond motifs is 1. The number of halogens is 2. The Labute approximate surface area is 179 Å². The molecule has 0 aliphatic rings. The van der Waals surface area contributed by atoms with Crippen LogP contribution in [-0.2, 0) is 9.84 Å². The van der Waals surface area contributed by atoms with E-state index in [1.165, 1.54) is 18.2 Å². The second-order valence-electron chi connectivity index (χ2n) is 6.25. The van der Waals surface area contributed by atoms with Crippen molar-refractivity contribution in [2.24, 2.45) is 0 Å². The Morgan fingerprint density at radius 2 is 1.71 bits per heavy atom. The van der Waals surface area contributed by atoms with Gasteiger partial charge in [-0.25, -0.2) is 8.42 Å². The van der Waals surface area contributed by atoms with Crippen LogP contribution in [0.5, 0.6) is 5.75 Å². The fraction of sp³-hybridized carbons (Fsp3) is 0.211. The van der Waals surface area contributed by atoms with Gasteiger partial charge in [0.2, 0.25) is 5.56 Å². The molecule has 0 aliphatic heterocycles.